The number of hydrogen-bond acceptors (Lipinski definition) is 1. The predicted molar refractivity (Wildman–Crippen MR) is 77.8 cm³/mol. The second kappa shape index (κ2) is 6.33. The van der Waals surface area contributed by atoms with Gasteiger partial charge in [0.25, 0.3) is 0 Å². The zero-order valence-corrected chi connectivity index (χ0v) is 12.1. The summed E-state index contributed by atoms with van der Waals surface area (Å²) in [5, 5.41) is 3.71. The standard InChI is InChI=1S/C16H16ClF2N/c1-10(12-4-3-5-13(18)8-12)20-11(2)15-7-6-14(19)9-16(15)17/h3-11,20H,1-2H3/t10-,11?/m1/s1. The monoisotopic (exact) mass is 295 g/mol. The van der Waals surface area contributed by atoms with Gasteiger partial charge in [-0.15, -0.1) is 0 Å². The van der Waals surface area contributed by atoms with E-state index in [1.807, 2.05) is 19.9 Å². The van der Waals surface area contributed by atoms with Gasteiger partial charge in [-0.1, -0.05) is 29.8 Å². The highest BCUT2D eigenvalue weighted by molar-refractivity contribution is 6.31. The van der Waals surface area contributed by atoms with E-state index >= 15 is 0 Å². The van der Waals surface area contributed by atoms with E-state index in [2.05, 4.69) is 5.32 Å². The van der Waals surface area contributed by atoms with Gasteiger partial charge in [-0.05, 0) is 49.2 Å². The first-order chi connectivity index (χ1) is 9.47. The second-order valence-electron chi connectivity index (χ2n) is 4.83. The van der Waals surface area contributed by atoms with Crippen LogP contribution in [0.5, 0.6) is 0 Å². The van der Waals surface area contributed by atoms with E-state index in [0.717, 1.165) is 11.1 Å². The van der Waals surface area contributed by atoms with E-state index in [-0.39, 0.29) is 23.7 Å². The molecule has 0 bridgehead atoms. The fraction of sp³-hybridized carbons (Fsp3) is 0.250. The fourth-order valence-corrected chi connectivity index (χ4v) is 2.52. The average Bonchev–Trinajstić information content (AvgIpc) is 2.38. The molecule has 1 N–H and O–H groups in total. The van der Waals surface area contributed by atoms with E-state index < -0.39 is 0 Å². The van der Waals surface area contributed by atoms with Crippen molar-refractivity contribution in [2.24, 2.45) is 0 Å². The molecule has 106 valence electrons. The molecule has 0 aromatic heterocycles. The van der Waals surface area contributed by atoms with Crippen LogP contribution in [-0.2, 0) is 0 Å². The molecular formula is C16H16ClF2N. The molecule has 4 heteroatoms. The van der Waals surface area contributed by atoms with Gasteiger partial charge < -0.3 is 5.32 Å². The van der Waals surface area contributed by atoms with Crippen LogP contribution >= 0.6 is 11.6 Å². The quantitative estimate of drug-likeness (QED) is 0.834. The highest BCUT2D eigenvalue weighted by Gasteiger charge is 2.14. The molecule has 0 heterocycles. The third kappa shape index (κ3) is 3.56. The van der Waals surface area contributed by atoms with Gasteiger partial charge in [0, 0.05) is 17.1 Å². The lowest BCUT2D eigenvalue weighted by Crippen LogP contribution is -2.22. The molecule has 0 amide bonds. The summed E-state index contributed by atoms with van der Waals surface area (Å²) < 4.78 is 26.2. The van der Waals surface area contributed by atoms with Crippen molar-refractivity contribution in [3.8, 4) is 0 Å². The summed E-state index contributed by atoms with van der Waals surface area (Å²) in [5.41, 5.74) is 1.67. The molecule has 0 saturated heterocycles. The average molecular weight is 296 g/mol. The first-order valence-corrected chi connectivity index (χ1v) is 6.81. The molecule has 0 aliphatic rings. The van der Waals surface area contributed by atoms with E-state index in [1.54, 1.807) is 12.1 Å². The molecule has 20 heavy (non-hydrogen) atoms. The van der Waals surface area contributed by atoms with Crippen LogP contribution in [-0.4, -0.2) is 0 Å². The number of nitrogens with one attached hydrogen (secondary N) is 1. The Kier molecular flexibility index (Phi) is 4.73. The van der Waals surface area contributed by atoms with Crippen LogP contribution in [0.25, 0.3) is 0 Å². The van der Waals surface area contributed by atoms with Gasteiger partial charge >= 0.3 is 0 Å². The summed E-state index contributed by atoms with van der Waals surface area (Å²) >= 11 is 6.04. The molecule has 0 aliphatic heterocycles. The Labute approximate surface area is 122 Å². The van der Waals surface area contributed by atoms with Crippen LogP contribution in [0.2, 0.25) is 5.02 Å². The summed E-state index contributed by atoms with van der Waals surface area (Å²) in [7, 11) is 0. The van der Waals surface area contributed by atoms with E-state index in [0.29, 0.717) is 5.02 Å². The maximum Gasteiger partial charge on any atom is 0.124 e. The van der Waals surface area contributed by atoms with E-state index in [1.165, 1.54) is 24.3 Å². The Morgan fingerprint density at radius 2 is 1.65 bits per heavy atom. The van der Waals surface area contributed by atoms with Crippen molar-refractivity contribution in [2.75, 3.05) is 0 Å². The SMILES string of the molecule is CC(N[C@H](C)c1cccc(F)c1)c1ccc(F)cc1Cl. The van der Waals surface area contributed by atoms with Crippen LogP contribution in [0.3, 0.4) is 0 Å². The Morgan fingerprint density at radius 1 is 0.950 bits per heavy atom. The minimum absolute atomic E-state index is 0.0400. The summed E-state index contributed by atoms with van der Waals surface area (Å²) in [5.74, 6) is -0.618. The van der Waals surface area contributed by atoms with Crippen molar-refractivity contribution in [3.63, 3.8) is 0 Å². The highest BCUT2D eigenvalue weighted by Crippen LogP contribution is 2.26. The molecule has 0 fully saturated rings. The lowest BCUT2D eigenvalue weighted by atomic mass is 10.0. The zero-order valence-electron chi connectivity index (χ0n) is 11.3. The van der Waals surface area contributed by atoms with Crippen molar-refractivity contribution in [2.45, 2.75) is 25.9 Å². The van der Waals surface area contributed by atoms with Gasteiger partial charge in [0.2, 0.25) is 0 Å². The minimum atomic E-state index is -0.357. The Balaban J connectivity index is 2.12. The lowest BCUT2D eigenvalue weighted by Gasteiger charge is -2.21. The van der Waals surface area contributed by atoms with Crippen molar-refractivity contribution in [1.82, 2.24) is 5.32 Å². The summed E-state index contributed by atoms with van der Waals surface area (Å²) in [6.07, 6.45) is 0. The largest absolute Gasteiger partial charge is 0.304 e. The lowest BCUT2D eigenvalue weighted by molar-refractivity contribution is 0.491. The van der Waals surface area contributed by atoms with Gasteiger partial charge in [-0.2, -0.15) is 0 Å². The Hall–Kier alpha value is -1.45. The minimum Gasteiger partial charge on any atom is -0.304 e. The van der Waals surface area contributed by atoms with Gasteiger partial charge in [0.15, 0.2) is 0 Å². The van der Waals surface area contributed by atoms with Crippen LogP contribution in [0.15, 0.2) is 42.5 Å². The zero-order chi connectivity index (χ0) is 14.7. The van der Waals surface area contributed by atoms with Crippen molar-refractivity contribution in [3.05, 3.63) is 70.2 Å². The van der Waals surface area contributed by atoms with Gasteiger partial charge in [0.05, 0.1) is 0 Å². The van der Waals surface area contributed by atoms with Crippen molar-refractivity contribution in [1.29, 1.82) is 0 Å². The third-order valence-corrected chi connectivity index (χ3v) is 3.61. The summed E-state index contributed by atoms with van der Waals surface area (Å²) in [6, 6.07) is 10.7. The molecule has 1 unspecified atom stereocenters. The number of hydrogen-bond donors (Lipinski definition) is 1. The molecule has 2 aromatic rings. The first kappa shape index (κ1) is 14.9. The Morgan fingerprint density at radius 3 is 2.30 bits per heavy atom. The van der Waals surface area contributed by atoms with Gasteiger partial charge in [-0.25, -0.2) is 8.78 Å². The fourth-order valence-electron chi connectivity index (χ4n) is 2.19. The normalized spacial score (nSPS) is 14.1. The molecular weight excluding hydrogens is 280 g/mol. The van der Waals surface area contributed by atoms with Crippen LogP contribution in [0.1, 0.15) is 37.1 Å². The molecule has 2 aromatic carbocycles. The van der Waals surface area contributed by atoms with E-state index in [9.17, 15) is 8.78 Å². The first-order valence-electron chi connectivity index (χ1n) is 6.44. The van der Waals surface area contributed by atoms with Crippen LogP contribution in [0.4, 0.5) is 8.78 Å². The molecule has 1 nitrogen and oxygen atoms in total. The third-order valence-electron chi connectivity index (χ3n) is 3.28. The summed E-state index contributed by atoms with van der Waals surface area (Å²) in [6.45, 7) is 3.89. The van der Waals surface area contributed by atoms with Crippen molar-refractivity contribution >= 4 is 11.6 Å². The highest BCUT2D eigenvalue weighted by atomic mass is 35.5. The maximum atomic E-state index is 13.2. The molecule has 0 saturated carbocycles. The second-order valence-corrected chi connectivity index (χ2v) is 5.24. The molecule has 2 atom stereocenters. The molecule has 0 spiro atoms. The maximum absolute atomic E-state index is 13.2. The van der Waals surface area contributed by atoms with Crippen LogP contribution < -0.4 is 5.32 Å². The summed E-state index contributed by atoms with van der Waals surface area (Å²) in [4.78, 5) is 0. The molecule has 0 radical (unpaired) electrons. The molecule has 0 aliphatic carbocycles. The number of benzene rings is 2. The van der Waals surface area contributed by atoms with Crippen LogP contribution in [0, 0.1) is 11.6 Å². The predicted octanol–water partition coefficient (Wildman–Crippen LogP) is 5.03. The van der Waals surface area contributed by atoms with Gasteiger partial charge in [0.1, 0.15) is 11.6 Å². The van der Waals surface area contributed by atoms with E-state index in [4.69, 9.17) is 11.6 Å². The van der Waals surface area contributed by atoms with Gasteiger partial charge in [-0.3, -0.25) is 0 Å². The number of rotatable bonds is 4. The number of halogens is 3. The smallest absolute Gasteiger partial charge is 0.124 e. The topological polar surface area (TPSA) is 12.0 Å². The van der Waals surface area contributed by atoms with Crippen molar-refractivity contribution < 1.29 is 8.78 Å². The molecule has 2 rings (SSSR count). The Bertz CT molecular complexity index is 601.